The van der Waals surface area contributed by atoms with Crippen molar-refractivity contribution in [3.63, 3.8) is 0 Å². The van der Waals surface area contributed by atoms with E-state index in [2.05, 4.69) is 15.1 Å². The first-order chi connectivity index (χ1) is 12.3. The minimum absolute atomic E-state index is 0.00618. The van der Waals surface area contributed by atoms with Crippen molar-refractivity contribution in [3.8, 4) is 10.8 Å². The van der Waals surface area contributed by atoms with Crippen LogP contribution >= 0.6 is 11.3 Å². The van der Waals surface area contributed by atoms with Crippen LogP contribution in [0.25, 0.3) is 16.8 Å². The maximum absolute atomic E-state index is 12.3. The molecule has 0 aliphatic carbocycles. The number of carbonyl (C=O) groups excluding carboxylic acids is 1. The van der Waals surface area contributed by atoms with Crippen LogP contribution in [0.1, 0.15) is 23.7 Å². The molecule has 0 unspecified atom stereocenters. The van der Waals surface area contributed by atoms with Crippen LogP contribution < -0.4 is 0 Å². The highest BCUT2D eigenvalue weighted by Crippen LogP contribution is 2.29. The quantitative estimate of drug-likeness (QED) is 0.674. The maximum Gasteiger partial charge on any atom is 0.267 e. The number of amides is 1. The summed E-state index contributed by atoms with van der Waals surface area (Å²) in [6.07, 6.45) is 7.65. The topological polar surface area (TPSA) is 72.1 Å². The lowest BCUT2D eigenvalue weighted by Crippen LogP contribution is -2.26. The molecule has 7 heteroatoms. The van der Waals surface area contributed by atoms with Crippen molar-refractivity contribution in [2.45, 2.75) is 12.3 Å². The fourth-order valence-electron chi connectivity index (χ4n) is 2.82. The Hall–Kier alpha value is -2.80. The van der Waals surface area contributed by atoms with E-state index in [1.54, 1.807) is 35.9 Å². The molecule has 4 heterocycles. The van der Waals surface area contributed by atoms with Crippen LogP contribution in [0.3, 0.4) is 0 Å². The van der Waals surface area contributed by atoms with Crippen LogP contribution in [-0.2, 0) is 4.79 Å². The van der Waals surface area contributed by atoms with E-state index in [1.807, 2.05) is 34.5 Å². The fraction of sp³-hybridized carbons (Fsp3) is 0.222. The van der Waals surface area contributed by atoms with Gasteiger partial charge in [-0.25, -0.2) is 0 Å². The van der Waals surface area contributed by atoms with E-state index in [-0.39, 0.29) is 11.8 Å². The Balaban J connectivity index is 1.40. The Morgan fingerprint density at radius 1 is 1.36 bits per heavy atom. The van der Waals surface area contributed by atoms with E-state index in [1.165, 1.54) is 0 Å². The Morgan fingerprint density at radius 2 is 2.32 bits per heavy atom. The average molecular weight is 352 g/mol. The monoisotopic (exact) mass is 352 g/mol. The first kappa shape index (κ1) is 15.7. The molecule has 25 heavy (non-hydrogen) atoms. The smallest absolute Gasteiger partial charge is 0.267 e. The molecule has 3 aromatic heterocycles. The SMILES string of the molecule is O=C(/C=C\c1cccnc1)N1CC[C@H](c2noc(-c3cccs3)n2)C1. The molecule has 1 aliphatic heterocycles. The lowest BCUT2D eigenvalue weighted by Gasteiger charge is -2.12. The second-order valence-electron chi connectivity index (χ2n) is 5.82. The third kappa shape index (κ3) is 3.51. The second kappa shape index (κ2) is 6.98. The van der Waals surface area contributed by atoms with Crippen molar-refractivity contribution >= 4 is 23.3 Å². The van der Waals surface area contributed by atoms with Crippen molar-refractivity contribution < 1.29 is 9.32 Å². The molecule has 0 saturated carbocycles. The highest BCUT2D eigenvalue weighted by molar-refractivity contribution is 7.13. The number of likely N-dealkylation sites (tertiary alicyclic amines) is 1. The molecule has 1 amide bonds. The van der Waals surface area contributed by atoms with Crippen molar-refractivity contribution in [1.29, 1.82) is 0 Å². The van der Waals surface area contributed by atoms with Gasteiger partial charge in [-0.05, 0) is 35.6 Å². The Bertz CT molecular complexity index is 874. The molecule has 0 aromatic carbocycles. The van der Waals surface area contributed by atoms with Crippen molar-refractivity contribution in [2.24, 2.45) is 0 Å². The number of thiophene rings is 1. The molecular formula is C18H16N4O2S. The van der Waals surface area contributed by atoms with E-state index in [0.29, 0.717) is 24.8 Å². The van der Waals surface area contributed by atoms with E-state index in [9.17, 15) is 4.79 Å². The van der Waals surface area contributed by atoms with E-state index < -0.39 is 0 Å². The highest BCUT2D eigenvalue weighted by atomic mass is 32.1. The summed E-state index contributed by atoms with van der Waals surface area (Å²) in [5.74, 6) is 1.34. The lowest BCUT2D eigenvalue weighted by molar-refractivity contribution is -0.124. The number of aromatic nitrogens is 3. The summed E-state index contributed by atoms with van der Waals surface area (Å²) in [6.45, 7) is 1.31. The van der Waals surface area contributed by atoms with Crippen molar-refractivity contribution in [3.05, 3.63) is 59.5 Å². The zero-order valence-electron chi connectivity index (χ0n) is 13.4. The number of hydrogen-bond donors (Lipinski definition) is 0. The van der Waals surface area contributed by atoms with Crippen LogP contribution in [0.5, 0.6) is 0 Å². The summed E-state index contributed by atoms with van der Waals surface area (Å²) in [5.41, 5.74) is 0.908. The van der Waals surface area contributed by atoms with Crippen molar-refractivity contribution in [1.82, 2.24) is 20.0 Å². The Morgan fingerprint density at radius 3 is 3.12 bits per heavy atom. The Labute approximate surface area is 148 Å². The van der Waals surface area contributed by atoms with Gasteiger partial charge in [-0.15, -0.1) is 11.3 Å². The maximum atomic E-state index is 12.3. The highest BCUT2D eigenvalue weighted by Gasteiger charge is 2.29. The molecular weight excluding hydrogens is 336 g/mol. The first-order valence-corrected chi connectivity index (χ1v) is 8.92. The lowest BCUT2D eigenvalue weighted by atomic mass is 10.1. The molecule has 126 valence electrons. The van der Waals surface area contributed by atoms with Gasteiger partial charge in [-0.2, -0.15) is 4.98 Å². The fourth-order valence-corrected chi connectivity index (χ4v) is 3.46. The zero-order chi connectivity index (χ0) is 17.1. The summed E-state index contributed by atoms with van der Waals surface area (Å²) in [5, 5.41) is 6.07. The van der Waals surface area contributed by atoms with Crippen molar-refractivity contribution in [2.75, 3.05) is 13.1 Å². The van der Waals surface area contributed by atoms with Gasteiger partial charge in [0.2, 0.25) is 5.91 Å². The number of nitrogens with zero attached hydrogens (tertiary/aromatic N) is 4. The molecule has 0 spiro atoms. The molecule has 0 bridgehead atoms. The normalized spacial score (nSPS) is 17.4. The number of pyridine rings is 1. The average Bonchev–Trinajstić information content (AvgIpc) is 3.40. The van der Waals surface area contributed by atoms with Gasteiger partial charge in [0, 0.05) is 37.5 Å². The standard InChI is InChI=1S/C18H16N4O2S/c23-16(6-5-13-3-1-8-19-11-13)22-9-7-14(12-22)17-20-18(24-21-17)15-4-2-10-25-15/h1-6,8,10-11,14H,7,9,12H2/b6-5-/t14-/m0/s1. The van der Waals surface area contributed by atoms with Gasteiger partial charge in [0.25, 0.3) is 5.89 Å². The molecule has 1 aliphatic rings. The molecule has 0 N–H and O–H groups in total. The number of rotatable bonds is 4. The number of hydrogen-bond acceptors (Lipinski definition) is 6. The molecule has 4 rings (SSSR count). The molecule has 1 atom stereocenters. The molecule has 6 nitrogen and oxygen atoms in total. The predicted molar refractivity (Wildman–Crippen MR) is 94.8 cm³/mol. The summed E-state index contributed by atoms with van der Waals surface area (Å²) in [6, 6.07) is 7.66. The van der Waals surface area contributed by atoms with Crippen LogP contribution in [0, 0.1) is 0 Å². The summed E-state index contributed by atoms with van der Waals surface area (Å²) in [4.78, 5) is 23.6. The van der Waals surface area contributed by atoms with Crippen LogP contribution in [-0.4, -0.2) is 39.0 Å². The van der Waals surface area contributed by atoms with Gasteiger partial charge in [-0.1, -0.05) is 17.3 Å². The minimum atomic E-state index is -0.00618. The zero-order valence-corrected chi connectivity index (χ0v) is 14.2. The summed E-state index contributed by atoms with van der Waals surface area (Å²) in [7, 11) is 0. The van der Waals surface area contributed by atoms with Gasteiger partial charge in [0.05, 0.1) is 4.88 Å². The molecule has 1 saturated heterocycles. The van der Waals surface area contributed by atoms with Gasteiger partial charge in [-0.3, -0.25) is 9.78 Å². The predicted octanol–water partition coefficient (Wildman–Crippen LogP) is 3.22. The van der Waals surface area contributed by atoms with Crippen LogP contribution in [0.4, 0.5) is 0 Å². The van der Waals surface area contributed by atoms with Crippen LogP contribution in [0.2, 0.25) is 0 Å². The van der Waals surface area contributed by atoms with Gasteiger partial charge in [0.1, 0.15) is 0 Å². The number of carbonyl (C=O) groups is 1. The molecule has 0 radical (unpaired) electrons. The van der Waals surface area contributed by atoms with E-state index >= 15 is 0 Å². The first-order valence-electron chi connectivity index (χ1n) is 8.04. The minimum Gasteiger partial charge on any atom is -0.338 e. The third-order valence-electron chi connectivity index (χ3n) is 4.14. The summed E-state index contributed by atoms with van der Waals surface area (Å²) < 4.78 is 5.35. The van der Waals surface area contributed by atoms with E-state index in [0.717, 1.165) is 16.9 Å². The molecule has 1 fully saturated rings. The second-order valence-corrected chi connectivity index (χ2v) is 6.77. The molecule has 3 aromatic rings. The van der Waals surface area contributed by atoms with E-state index in [4.69, 9.17) is 4.52 Å². The third-order valence-corrected chi connectivity index (χ3v) is 5.00. The van der Waals surface area contributed by atoms with Gasteiger partial charge < -0.3 is 9.42 Å². The largest absolute Gasteiger partial charge is 0.338 e. The van der Waals surface area contributed by atoms with Gasteiger partial charge in [0.15, 0.2) is 5.82 Å². The van der Waals surface area contributed by atoms with Crippen LogP contribution in [0.15, 0.2) is 52.6 Å². The summed E-state index contributed by atoms with van der Waals surface area (Å²) >= 11 is 1.57. The van der Waals surface area contributed by atoms with Gasteiger partial charge >= 0.3 is 0 Å². The Kier molecular flexibility index (Phi) is 4.39.